The fourth-order valence-electron chi connectivity index (χ4n) is 3.81. The first-order chi connectivity index (χ1) is 9.15. The second-order valence-electron chi connectivity index (χ2n) is 5.99. The van der Waals surface area contributed by atoms with Crippen molar-refractivity contribution in [2.75, 3.05) is 5.32 Å². The van der Waals surface area contributed by atoms with Crippen molar-refractivity contribution in [3.8, 4) is 0 Å². The SMILES string of the molecule is CCn1nc(C)nc1NC(=O)CC1CC2CCC1C2. The first kappa shape index (κ1) is 12.6. The predicted molar refractivity (Wildman–Crippen MR) is 72.6 cm³/mol. The van der Waals surface area contributed by atoms with Crippen LogP contribution in [0.1, 0.15) is 44.9 Å². The van der Waals surface area contributed by atoms with E-state index in [1.165, 1.54) is 25.7 Å². The summed E-state index contributed by atoms with van der Waals surface area (Å²) in [7, 11) is 0. The Labute approximate surface area is 113 Å². The Morgan fingerprint density at radius 1 is 1.42 bits per heavy atom. The van der Waals surface area contributed by atoms with E-state index in [1.54, 1.807) is 4.68 Å². The van der Waals surface area contributed by atoms with Gasteiger partial charge in [-0.3, -0.25) is 10.1 Å². The highest BCUT2D eigenvalue weighted by atomic mass is 16.1. The van der Waals surface area contributed by atoms with Gasteiger partial charge in [-0.25, -0.2) is 4.68 Å². The Morgan fingerprint density at radius 2 is 2.26 bits per heavy atom. The topological polar surface area (TPSA) is 59.8 Å². The van der Waals surface area contributed by atoms with E-state index in [1.807, 2.05) is 13.8 Å². The third-order valence-electron chi connectivity index (χ3n) is 4.66. The number of fused-ring (bicyclic) bond motifs is 2. The number of nitrogens with zero attached hydrogens (tertiary/aromatic N) is 3. The molecule has 0 spiro atoms. The first-order valence-electron chi connectivity index (χ1n) is 7.37. The largest absolute Gasteiger partial charge is 0.295 e. The van der Waals surface area contributed by atoms with Crippen LogP contribution in [0, 0.1) is 24.7 Å². The molecule has 3 rings (SSSR count). The molecule has 2 aliphatic carbocycles. The van der Waals surface area contributed by atoms with E-state index in [0.717, 1.165) is 18.4 Å². The first-order valence-corrected chi connectivity index (χ1v) is 7.37. The van der Waals surface area contributed by atoms with Gasteiger partial charge in [0.2, 0.25) is 11.9 Å². The van der Waals surface area contributed by atoms with Crippen molar-refractivity contribution in [1.82, 2.24) is 14.8 Å². The Kier molecular flexibility index (Phi) is 3.29. The second kappa shape index (κ2) is 4.94. The number of nitrogens with one attached hydrogen (secondary N) is 1. The lowest BCUT2D eigenvalue weighted by Gasteiger charge is -2.20. The molecule has 0 radical (unpaired) electrons. The second-order valence-corrected chi connectivity index (χ2v) is 5.99. The average Bonchev–Trinajstić information content (AvgIpc) is 3.04. The van der Waals surface area contributed by atoms with E-state index in [-0.39, 0.29) is 5.91 Å². The van der Waals surface area contributed by atoms with Gasteiger partial charge in [-0.2, -0.15) is 10.1 Å². The molecule has 1 N–H and O–H groups in total. The van der Waals surface area contributed by atoms with Crippen LogP contribution in [-0.4, -0.2) is 20.7 Å². The van der Waals surface area contributed by atoms with Gasteiger partial charge in [-0.1, -0.05) is 6.42 Å². The van der Waals surface area contributed by atoms with Gasteiger partial charge >= 0.3 is 0 Å². The summed E-state index contributed by atoms with van der Waals surface area (Å²) in [5, 5.41) is 7.16. The van der Waals surface area contributed by atoms with Crippen molar-refractivity contribution in [2.45, 2.75) is 52.5 Å². The van der Waals surface area contributed by atoms with Gasteiger partial charge in [-0.05, 0) is 50.9 Å². The third kappa shape index (κ3) is 2.51. The number of aromatic nitrogens is 3. The predicted octanol–water partition coefficient (Wildman–Crippen LogP) is 2.37. The molecule has 3 unspecified atom stereocenters. The number of amides is 1. The summed E-state index contributed by atoms with van der Waals surface area (Å²) in [5.74, 6) is 3.67. The lowest BCUT2D eigenvalue weighted by Crippen LogP contribution is -2.22. The molecule has 2 saturated carbocycles. The molecule has 104 valence electrons. The van der Waals surface area contributed by atoms with Crippen molar-refractivity contribution in [2.24, 2.45) is 17.8 Å². The van der Waals surface area contributed by atoms with Crippen LogP contribution >= 0.6 is 0 Å². The summed E-state index contributed by atoms with van der Waals surface area (Å²) in [6.45, 7) is 4.57. The molecule has 3 atom stereocenters. The van der Waals surface area contributed by atoms with Crippen LogP contribution in [0.25, 0.3) is 0 Å². The highest BCUT2D eigenvalue weighted by Gasteiger charge is 2.40. The number of hydrogen-bond acceptors (Lipinski definition) is 3. The maximum atomic E-state index is 12.1. The molecule has 1 heterocycles. The van der Waals surface area contributed by atoms with E-state index in [9.17, 15) is 4.79 Å². The molecule has 19 heavy (non-hydrogen) atoms. The van der Waals surface area contributed by atoms with Crippen molar-refractivity contribution in [3.63, 3.8) is 0 Å². The quantitative estimate of drug-likeness (QED) is 0.906. The molecular weight excluding hydrogens is 240 g/mol. The van der Waals surface area contributed by atoms with Crippen LogP contribution < -0.4 is 5.32 Å². The van der Waals surface area contributed by atoms with Crippen LogP contribution in [-0.2, 0) is 11.3 Å². The Morgan fingerprint density at radius 3 is 2.89 bits per heavy atom. The molecule has 5 nitrogen and oxygen atoms in total. The van der Waals surface area contributed by atoms with Gasteiger partial charge < -0.3 is 0 Å². The van der Waals surface area contributed by atoms with Crippen LogP contribution in [0.2, 0.25) is 0 Å². The van der Waals surface area contributed by atoms with Crippen molar-refractivity contribution in [1.29, 1.82) is 0 Å². The van der Waals surface area contributed by atoms with E-state index < -0.39 is 0 Å². The number of hydrogen-bond donors (Lipinski definition) is 1. The summed E-state index contributed by atoms with van der Waals surface area (Å²) in [6, 6.07) is 0. The monoisotopic (exact) mass is 262 g/mol. The van der Waals surface area contributed by atoms with Gasteiger partial charge in [0.1, 0.15) is 5.82 Å². The molecule has 0 aliphatic heterocycles. The maximum Gasteiger partial charge on any atom is 0.228 e. The van der Waals surface area contributed by atoms with Crippen LogP contribution in [0.3, 0.4) is 0 Å². The van der Waals surface area contributed by atoms with Gasteiger partial charge in [0.15, 0.2) is 0 Å². The number of carbonyl (C=O) groups excluding carboxylic acids is 1. The third-order valence-corrected chi connectivity index (χ3v) is 4.66. The number of anilines is 1. The molecule has 0 aromatic carbocycles. The fraction of sp³-hybridized carbons (Fsp3) is 0.786. The summed E-state index contributed by atoms with van der Waals surface area (Å²) < 4.78 is 1.74. The van der Waals surface area contributed by atoms with Crippen molar-refractivity contribution >= 4 is 11.9 Å². The molecule has 1 aromatic rings. The fourth-order valence-corrected chi connectivity index (χ4v) is 3.81. The minimum absolute atomic E-state index is 0.0969. The molecule has 2 aliphatic rings. The van der Waals surface area contributed by atoms with E-state index in [2.05, 4.69) is 15.4 Å². The lowest BCUT2D eigenvalue weighted by atomic mass is 9.86. The van der Waals surface area contributed by atoms with Gasteiger partial charge in [-0.15, -0.1) is 0 Å². The number of carbonyl (C=O) groups is 1. The van der Waals surface area contributed by atoms with Crippen LogP contribution in [0.5, 0.6) is 0 Å². The van der Waals surface area contributed by atoms with Crippen LogP contribution in [0.4, 0.5) is 5.95 Å². The minimum Gasteiger partial charge on any atom is -0.295 e. The number of aryl methyl sites for hydroxylation is 2. The van der Waals surface area contributed by atoms with Crippen molar-refractivity contribution < 1.29 is 4.79 Å². The summed E-state index contributed by atoms with van der Waals surface area (Å²) in [5.41, 5.74) is 0. The maximum absolute atomic E-state index is 12.1. The zero-order valence-electron chi connectivity index (χ0n) is 11.7. The number of rotatable bonds is 4. The molecular formula is C14H22N4O. The van der Waals surface area contributed by atoms with Crippen molar-refractivity contribution in [3.05, 3.63) is 5.82 Å². The lowest BCUT2D eigenvalue weighted by molar-refractivity contribution is -0.117. The Bertz CT molecular complexity index is 482. The molecule has 1 amide bonds. The zero-order valence-corrected chi connectivity index (χ0v) is 11.7. The van der Waals surface area contributed by atoms with E-state index >= 15 is 0 Å². The Hall–Kier alpha value is -1.39. The summed E-state index contributed by atoms with van der Waals surface area (Å²) in [4.78, 5) is 16.4. The molecule has 2 bridgehead atoms. The summed E-state index contributed by atoms with van der Waals surface area (Å²) >= 11 is 0. The minimum atomic E-state index is 0.0969. The normalized spacial score (nSPS) is 28.8. The molecule has 0 saturated heterocycles. The van der Waals surface area contributed by atoms with Gasteiger partial charge in [0.25, 0.3) is 0 Å². The zero-order chi connectivity index (χ0) is 13.4. The molecule has 2 fully saturated rings. The van der Waals surface area contributed by atoms with E-state index in [4.69, 9.17) is 0 Å². The molecule has 1 aromatic heterocycles. The standard InChI is InChI=1S/C14H22N4O/c1-3-18-14(15-9(2)17-18)16-13(19)8-12-7-10-4-5-11(12)6-10/h10-12H,3-8H2,1-2H3,(H,15,16,17,19). The van der Waals surface area contributed by atoms with Gasteiger partial charge in [0.05, 0.1) is 0 Å². The van der Waals surface area contributed by atoms with Gasteiger partial charge in [0, 0.05) is 13.0 Å². The smallest absolute Gasteiger partial charge is 0.228 e. The van der Waals surface area contributed by atoms with Crippen LogP contribution in [0.15, 0.2) is 0 Å². The highest BCUT2D eigenvalue weighted by Crippen LogP contribution is 2.49. The molecule has 5 heteroatoms. The van der Waals surface area contributed by atoms with E-state index in [0.29, 0.717) is 24.1 Å². The Balaban J connectivity index is 1.59. The summed E-state index contributed by atoms with van der Waals surface area (Å²) in [6.07, 6.45) is 5.95. The average molecular weight is 262 g/mol. The highest BCUT2D eigenvalue weighted by molar-refractivity contribution is 5.89.